The summed E-state index contributed by atoms with van der Waals surface area (Å²) in [5, 5.41) is 1.33. The summed E-state index contributed by atoms with van der Waals surface area (Å²) in [6.07, 6.45) is 4.89. The van der Waals surface area contributed by atoms with Crippen LogP contribution in [0.25, 0.3) is 43.5 Å². The molecule has 1 aromatic heterocycles. The first-order valence-electron chi connectivity index (χ1n) is 28.1. The molecule has 1 fully saturated rings. The average molecular weight is 1010 g/mol. The molecule has 0 bridgehead atoms. The van der Waals surface area contributed by atoms with E-state index in [1.807, 2.05) is 11.3 Å². The molecule has 4 aliphatic rings. The predicted molar refractivity (Wildman–Crippen MR) is 331 cm³/mol. The van der Waals surface area contributed by atoms with Gasteiger partial charge in [-0.25, -0.2) is 0 Å². The quantitative estimate of drug-likeness (QED) is 0.162. The second-order valence-corrected chi connectivity index (χ2v) is 28.2. The zero-order chi connectivity index (χ0) is 53.0. The Morgan fingerprint density at radius 2 is 1.04 bits per heavy atom. The van der Waals surface area contributed by atoms with Crippen LogP contribution in [0.5, 0.6) is 0 Å². The van der Waals surface area contributed by atoms with Gasteiger partial charge in [-0.3, -0.25) is 0 Å². The van der Waals surface area contributed by atoms with E-state index in [2.05, 4.69) is 258 Å². The lowest BCUT2D eigenvalue weighted by molar-refractivity contribution is 0.542. The van der Waals surface area contributed by atoms with E-state index in [4.69, 9.17) is 0 Å². The molecule has 0 saturated heterocycles. The van der Waals surface area contributed by atoms with Crippen molar-refractivity contribution in [3.63, 3.8) is 0 Å². The third kappa shape index (κ3) is 7.62. The van der Waals surface area contributed by atoms with Crippen LogP contribution in [0.4, 0.5) is 34.1 Å². The maximum atomic E-state index is 2.77. The molecule has 8 aromatic carbocycles. The Bertz CT molecular complexity index is 3820. The summed E-state index contributed by atoms with van der Waals surface area (Å²) in [5.74, 6) is 0. The number of fused-ring (bicyclic) bond motifs is 11. The fourth-order valence-corrected chi connectivity index (χ4v) is 14.9. The molecule has 1 saturated carbocycles. The van der Waals surface area contributed by atoms with Gasteiger partial charge in [0.2, 0.25) is 0 Å². The minimum absolute atomic E-state index is 0.00527. The van der Waals surface area contributed by atoms with Crippen LogP contribution in [0.2, 0.25) is 0 Å². The molecule has 380 valence electrons. The topological polar surface area (TPSA) is 6.48 Å². The molecule has 0 radical (unpaired) electrons. The Hall–Kier alpha value is -6.62. The van der Waals surface area contributed by atoms with Gasteiger partial charge in [-0.1, -0.05) is 217 Å². The number of hydrogen-bond acceptors (Lipinski definition) is 3. The highest BCUT2D eigenvalue weighted by molar-refractivity contribution is 7.33. The molecular weight excluding hydrogens is 936 g/mol. The van der Waals surface area contributed by atoms with E-state index in [1.165, 1.54) is 152 Å². The van der Waals surface area contributed by atoms with Crippen LogP contribution in [0.1, 0.15) is 148 Å². The molecule has 2 aliphatic carbocycles. The molecular formula is C72H73BN2S. The van der Waals surface area contributed by atoms with Crippen LogP contribution in [0.3, 0.4) is 0 Å². The van der Waals surface area contributed by atoms with Gasteiger partial charge in [-0.05, 0) is 156 Å². The van der Waals surface area contributed by atoms with E-state index in [9.17, 15) is 0 Å². The van der Waals surface area contributed by atoms with Crippen LogP contribution in [-0.4, -0.2) is 6.71 Å². The van der Waals surface area contributed by atoms with E-state index in [1.54, 1.807) is 5.56 Å². The molecule has 76 heavy (non-hydrogen) atoms. The van der Waals surface area contributed by atoms with Crippen LogP contribution in [0, 0.1) is 6.92 Å². The van der Waals surface area contributed by atoms with Crippen molar-refractivity contribution >= 4 is 78.0 Å². The van der Waals surface area contributed by atoms with E-state index in [-0.39, 0.29) is 33.8 Å². The van der Waals surface area contributed by atoms with Gasteiger partial charge in [0, 0.05) is 48.6 Å². The van der Waals surface area contributed by atoms with Crippen molar-refractivity contribution in [1.82, 2.24) is 0 Å². The lowest BCUT2D eigenvalue weighted by Crippen LogP contribution is -2.60. The second-order valence-electron chi connectivity index (χ2n) is 27.1. The normalized spacial score (nSPS) is 15.5. The van der Waals surface area contributed by atoms with Crippen molar-refractivity contribution in [2.24, 2.45) is 0 Å². The fraction of sp³-hybridized carbons (Fsp3) is 0.306. The summed E-state index contributed by atoms with van der Waals surface area (Å²) >= 11 is 2.02. The highest BCUT2D eigenvalue weighted by atomic mass is 32.1. The van der Waals surface area contributed by atoms with E-state index < -0.39 is 0 Å². The Morgan fingerprint density at radius 3 is 1.72 bits per heavy atom. The summed E-state index contributed by atoms with van der Waals surface area (Å²) in [6, 6.07) is 62.7. The van der Waals surface area contributed by atoms with Gasteiger partial charge in [-0.15, -0.1) is 11.3 Å². The zero-order valence-corrected chi connectivity index (χ0v) is 48.0. The van der Waals surface area contributed by atoms with Gasteiger partial charge in [0.25, 0.3) is 6.71 Å². The zero-order valence-electron chi connectivity index (χ0n) is 47.2. The Labute approximate surface area is 458 Å². The molecule has 0 atom stereocenters. The smallest absolute Gasteiger partial charge is 0.264 e. The average Bonchev–Trinajstić information content (AvgIpc) is 4.29. The summed E-state index contributed by atoms with van der Waals surface area (Å²) in [4.78, 5) is 5.40. The lowest BCUT2D eigenvalue weighted by atomic mass is 9.36. The third-order valence-corrected chi connectivity index (χ3v) is 19.1. The van der Waals surface area contributed by atoms with Crippen molar-refractivity contribution < 1.29 is 0 Å². The molecule has 0 amide bonds. The van der Waals surface area contributed by atoms with Crippen LogP contribution < -0.4 is 25.5 Å². The molecule has 2 nitrogen and oxygen atoms in total. The fourth-order valence-electron chi connectivity index (χ4n) is 13.5. The van der Waals surface area contributed by atoms with Crippen LogP contribution >= 0.6 is 11.3 Å². The third-order valence-electron chi connectivity index (χ3n) is 17.9. The predicted octanol–water partition coefficient (Wildman–Crippen LogP) is 18.7. The van der Waals surface area contributed by atoms with Gasteiger partial charge in [0.1, 0.15) is 0 Å². The summed E-state index contributed by atoms with van der Waals surface area (Å²) in [7, 11) is 0. The molecule has 0 N–H and O–H groups in total. The first kappa shape index (κ1) is 49.0. The SMILES string of the molecule is Cc1ccc(-c2cc3c4c(c2)N(c2cccc5c2-c2ccc(C(C)(C)C)cc2C52CCCC2)c2c(sc5cc(C(C)(C)C)ccc25)B4c2ccc(C(C)(C)C)cc2N3c2ccc(-c3cccc(C(C)(C)C)c3)cc2)cc1. The number of thiophene rings is 1. The Balaban J connectivity index is 1.13. The highest BCUT2D eigenvalue weighted by Crippen LogP contribution is 2.61. The molecule has 0 unspecified atom stereocenters. The second kappa shape index (κ2) is 16.9. The first-order valence-corrected chi connectivity index (χ1v) is 29.0. The van der Waals surface area contributed by atoms with E-state index >= 15 is 0 Å². The number of anilines is 6. The minimum Gasteiger partial charge on any atom is -0.311 e. The van der Waals surface area contributed by atoms with Gasteiger partial charge >= 0.3 is 0 Å². The number of aryl methyl sites for hydroxylation is 1. The van der Waals surface area contributed by atoms with Crippen LogP contribution in [0.15, 0.2) is 158 Å². The number of hydrogen-bond donors (Lipinski definition) is 0. The summed E-state index contributed by atoms with van der Waals surface area (Å²) in [6.45, 7) is 30.4. The van der Waals surface area contributed by atoms with E-state index in [0.717, 1.165) is 0 Å². The van der Waals surface area contributed by atoms with E-state index in [0.29, 0.717) is 0 Å². The van der Waals surface area contributed by atoms with Gasteiger partial charge in [-0.2, -0.15) is 0 Å². The van der Waals surface area contributed by atoms with Gasteiger partial charge in [0.05, 0.1) is 11.4 Å². The number of benzene rings is 8. The van der Waals surface area contributed by atoms with Crippen molar-refractivity contribution in [2.75, 3.05) is 9.80 Å². The maximum absolute atomic E-state index is 2.77. The molecule has 3 heterocycles. The molecule has 1 spiro atoms. The van der Waals surface area contributed by atoms with Crippen molar-refractivity contribution in [2.45, 2.75) is 143 Å². The van der Waals surface area contributed by atoms with Gasteiger partial charge in [0.15, 0.2) is 0 Å². The lowest BCUT2D eigenvalue weighted by Gasteiger charge is -2.44. The number of rotatable bonds is 4. The maximum Gasteiger partial charge on any atom is 0.264 e. The summed E-state index contributed by atoms with van der Waals surface area (Å²) < 4.78 is 2.78. The number of nitrogens with zero attached hydrogens (tertiary/aromatic N) is 2. The minimum atomic E-state index is -0.0540. The van der Waals surface area contributed by atoms with Crippen molar-refractivity contribution in [3.05, 3.63) is 197 Å². The van der Waals surface area contributed by atoms with Crippen LogP contribution in [-0.2, 0) is 27.1 Å². The van der Waals surface area contributed by atoms with Crippen molar-refractivity contribution in [3.8, 4) is 33.4 Å². The largest absolute Gasteiger partial charge is 0.311 e. The Morgan fingerprint density at radius 1 is 0.461 bits per heavy atom. The first-order chi connectivity index (χ1) is 36.1. The molecule has 2 aliphatic heterocycles. The molecule has 4 heteroatoms. The monoisotopic (exact) mass is 1010 g/mol. The molecule has 13 rings (SSSR count). The van der Waals surface area contributed by atoms with Gasteiger partial charge < -0.3 is 9.80 Å². The highest BCUT2D eigenvalue weighted by Gasteiger charge is 2.50. The Kier molecular flexibility index (Phi) is 10.9. The summed E-state index contributed by atoms with van der Waals surface area (Å²) in [5.41, 5.74) is 27.9. The standard InChI is InChI=1S/C72H73BN2S/c1-44-22-24-46(25-23-44)48-39-61-65-62(40-48)75(59-21-17-20-56-64(59)54-33-28-50(69(5,6)7)41-57(54)72(56)36-14-15-37-72)66-55-34-29-52(71(11,12)13)43-63(55)76-67(66)73(65)58-35-30-51(70(8,9)10)42-60(58)74(61)53-31-26-45(27-32-53)47-18-16-19-49(38-47)68(2,3)4/h16-35,38-43H,14-15,36-37H2,1-13H3. The van der Waals surface area contributed by atoms with Crippen molar-refractivity contribution in [1.29, 1.82) is 0 Å². The molecule has 9 aromatic rings.